The van der Waals surface area contributed by atoms with Gasteiger partial charge in [-0.2, -0.15) is 0 Å². The van der Waals surface area contributed by atoms with Crippen molar-refractivity contribution in [1.29, 1.82) is 0 Å². The van der Waals surface area contributed by atoms with E-state index in [9.17, 15) is 9.90 Å². The third kappa shape index (κ3) is 2.77. The fourth-order valence-electron chi connectivity index (χ4n) is 6.06. The maximum Gasteiger partial charge on any atom is 0.270 e. The van der Waals surface area contributed by atoms with Crippen LogP contribution in [0.3, 0.4) is 0 Å². The SMILES string of the molecule is O=C1NCCc2c1nc(C1CC1)nc2N1[C@@H]2CC[C@H]1[C@](CO)(Cc1ccccc1)C2. The number of benzene rings is 1. The molecule has 4 heterocycles. The molecule has 2 N–H and O–H groups in total. The van der Waals surface area contributed by atoms with Crippen LogP contribution in [0.1, 0.15) is 65.5 Å². The van der Waals surface area contributed by atoms with Crippen LogP contribution in [0.25, 0.3) is 0 Å². The first-order valence-electron chi connectivity index (χ1n) is 11.3. The summed E-state index contributed by atoms with van der Waals surface area (Å²) in [5.41, 5.74) is 2.71. The second-order valence-electron chi connectivity index (χ2n) is 9.55. The minimum absolute atomic E-state index is 0.0638. The highest BCUT2D eigenvalue weighted by Gasteiger charge is 2.56. The van der Waals surface area contributed by atoms with Crippen molar-refractivity contribution >= 4 is 11.7 Å². The summed E-state index contributed by atoms with van der Waals surface area (Å²) in [7, 11) is 0. The second-order valence-corrected chi connectivity index (χ2v) is 9.55. The Morgan fingerprint density at radius 2 is 1.97 bits per heavy atom. The van der Waals surface area contributed by atoms with Crippen LogP contribution < -0.4 is 10.2 Å². The minimum atomic E-state index is -0.154. The van der Waals surface area contributed by atoms with E-state index in [0.717, 1.165) is 62.2 Å². The molecule has 3 atom stereocenters. The normalized spacial score (nSPS) is 29.8. The summed E-state index contributed by atoms with van der Waals surface area (Å²) in [5.74, 6) is 2.15. The topological polar surface area (TPSA) is 78.4 Å². The number of hydrogen-bond acceptors (Lipinski definition) is 5. The maximum absolute atomic E-state index is 12.6. The molecule has 0 spiro atoms. The summed E-state index contributed by atoms with van der Waals surface area (Å²) >= 11 is 0. The molecule has 6 nitrogen and oxygen atoms in total. The number of carbonyl (C=O) groups excluding carboxylic acids is 1. The standard InChI is InChI=1S/C24H28N4O2/c29-14-24(12-15-4-2-1-3-5-15)13-17-8-9-19(24)28(17)22-18-10-11-25-23(30)20(18)26-21(27-22)16-6-7-16/h1-5,16-17,19,29H,6-14H2,(H,25,30)/t17-,19+,24-/m1/s1. The first kappa shape index (κ1) is 18.3. The lowest BCUT2D eigenvalue weighted by Gasteiger charge is -2.37. The van der Waals surface area contributed by atoms with Crippen LogP contribution in [0.2, 0.25) is 0 Å². The van der Waals surface area contributed by atoms with E-state index in [2.05, 4.69) is 39.5 Å². The largest absolute Gasteiger partial charge is 0.396 e. The Balaban J connectivity index is 1.42. The van der Waals surface area contributed by atoms with Crippen molar-refractivity contribution in [2.24, 2.45) is 5.41 Å². The van der Waals surface area contributed by atoms with Gasteiger partial charge in [-0.1, -0.05) is 30.3 Å². The van der Waals surface area contributed by atoms with Crippen molar-refractivity contribution in [3.63, 3.8) is 0 Å². The fourth-order valence-corrected chi connectivity index (χ4v) is 6.06. The Morgan fingerprint density at radius 3 is 2.73 bits per heavy atom. The van der Waals surface area contributed by atoms with E-state index in [1.165, 1.54) is 5.56 Å². The van der Waals surface area contributed by atoms with E-state index < -0.39 is 0 Å². The molecule has 1 aromatic heterocycles. The average molecular weight is 405 g/mol. The molecule has 3 fully saturated rings. The van der Waals surface area contributed by atoms with Gasteiger partial charge in [-0.3, -0.25) is 4.79 Å². The Hall–Kier alpha value is -2.47. The molecule has 2 aromatic rings. The molecule has 3 aliphatic heterocycles. The van der Waals surface area contributed by atoms with Gasteiger partial charge in [0.05, 0.1) is 6.61 Å². The number of rotatable bonds is 5. The molecule has 1 saturated carbocycles. The number of aliphatic hydroxyl groups excluding tert-OH is 1. The van der Waals surface area contributed by atoms with Gasteiger partial charge in [0, 0.05) is 35.5 Å². The molecule has 1 aliphatic carbocycles. The predicted molar refractivity (Wildman–Crippen MR) is 114 cm³/mol. The van der Waals surface area contributed by atoms with Crippen molar-refractivity contribution in [3.05, 3.63) is 53.0 Å². The van der Waals surface area contributed by atoms with Crippen molar-refractivity contribution in [2.75, 3.05) is 18.1 Å². The molecule has 2 saturated heterocycles. The minimum Gasteiger partial charge on any atom is -0.396 e. The smallest absolute Gasteiger partial charge is 0.270 e. The van der Waals surface area contributed by atoms with Crippen LogP contribution >= 0.6 is 0 Å². The lowest BCUT2D eigenvalue weighted by atomic mass is 9.70. The van der Waals surface area contributed by atoms with Gasteiger partial charge in [0.2, 0.25) is 0 Å². The number of hydrogen-bond donors (Lipinski definition) is 2. The highest BCUT2D eigenvalue weighted by molar-refractivity contribution is 5.96. The summed E-state index contributed by atoms with van der Waals surface area (Å²) in [6.07, 6.45) is 7.06. The van der Waals surface area contributed by atoms with Crippen LogP contribution in [-0.4, -0.2) is 46.2 Å². The highest BCUT2D eigenvalue weighted by atomic mass is 16.3. The van der Waals surface area contributed by atoms with Crippen molar-refractivity contribution in [1.82, 2.24) is 15.3 Å². The van der Waals surface area contributed by atoms with Crippen LogP contribution in [0, 0.1) is 5.41 Å². The van der Waals surface area contributed by atoms with Crippen molar-refractivity contribution in [2.45, 2.75) is 62.9 Å². The Bertz CT molecular complexity index is 990. The molecular formula is C24H28N4O2. The van der Waals surface area contributed by atoms with E-state index in [1.54, 1.807) is 0 Å². The summed E-state index contributed by atoms with van der Waals surface area (Å²) in [6, 6.07) is 11.1. The summed E-state index contributed by atoms with van der Waals surface area (Å²) in [5, 5.41) is 13.5. The zero-order chi connectivity index (χ0) is 20.3. The molecule has 1 aromatic carbocycles. The Labute approximate surface area is 176 Å². The Kier molecular flexibility index (Phi) is 4.13. The number of anilines is 1. The number of aromatic nitrogens is 2. The number of nitrogens with zero attached hydrogens (tertiary/aromatic N) is 3. The molecule has 6 heteroatoms. The molecule has 156 valence electrons. The molecule has 2 bridgehead atoms. The molecular weight excluding hydrogens is 376 g/mol. The zero-order valence-corrected chi connectivity index (χ0v) is 17.2. The van der Waals surface area contributed by atoms with Crippen LogP contribution in [0.5, 0.6) is 0 Å². The molecule has 6 rings (SSSR count). The van der Waals surface area contributed by atoms with Crippen molar-refractivity contribution in [3.8, 4) is 0 Å². The van der Waals surface area contributed by atoms with E-state index in [-0.39, 0.29) is 24.0 Å². The van der Waals surface area contributed by atoms with Crippen LogP contribution in [0.4, 0.5) is 5.82 Å². The number of fused-ring (bicyclic) bond motifs is 3. The molecule has 1 amide bonds. The molecule has 30 heavy (non-hydrogen) atoms. The van der Waals surface area contributed by atoms with E-state index in [0.29, 0.717) is 24.2 Å². The molecule has 0 radical (unpaired) electrons. The lowest BCUT2D eigenvalue weighted by Crippen LogP contribution is -2.43. The number of amides is 1. The van der Waals surface area contributed by atoms with Gasteiger partial charge in [0.25, 0.3) is 5.91 Å². The fraction of sp³-hybridized carbons (Fsp3) is 0.542. The summed E-state index contributed by atoms with van der Waals surface area (Å²) < 4.78 is 0. The number of aliphatic hydroxyl groups is 1. The lowest BCUT2D eigenvalue weighted by molar-refractivity contribution is 0.0939. The first-order chi connectivity index (χ1) is 14.7. The summed E-state index contributed by atoms with van der Waals surface area (Å²) in [6.45, 7) is 0.825. The number of nitrogens with one attached hydrogen (secondary N) is 1. The van der Waals surface area contributed by atoms with E-state index in [4.69, 9.17) is 4.98 Å². The van der Waals surface area contributed by atoms with Gasteiger partial charge in [-0.25, -0.2) is 9.97 Å². The first-order valence-corrected chi connectivity index (χ1v) is 11.3. The van der Waals surface area contributed by atoms with E-state index in [1.807, 2.05) is 6.07 Å². The van der Waals surface area contributed by atoms with Crippen molar-refractivity contribution < 1.29 is 9.90 Å². The van der Waals surface area contributed by atoms with Gasteiger partial charge < -0.3 is 15.3 Å². The third-order valence-corrected chi connectivity index (χ3v) is 7.63. The monoisotopic (exact) mass is 404 g/mol. The van der Waals surface area contributed by atoms with Crippen LogP contribution in [0.15, 0.2) is 30.3 Å². The molecule has 4 aliphatic rings. The number of carbonyl (C=O) groups is 1. The van der Waals surface area contributed by atoms with E-state index >= 15 is 0 Å². The maximum atomic E-state index is 12.6. The second kappa shape index (κ2) is 6.77. The quantitative estimate of drug-likeness (QED) is 0.801. The predicted octanol–water partition coefficient (Wildman–Crippen LogP) is 2.60. The summed E-state index contributed by atoms with van der Waals surface area (Å²) in [4.78, 5) is 24.8. The zero-order valence-electron chi connectivity index (χ0n) is 17.2. The van der Waals surface area contributed by atoms with Gasteiger partial charge >= 0.3 is 0 Å². The van der Waals surface area contributed by atoms with Gasteiger partial charge in [-0.15, -0.1) is 0 Å². The highest BCUT2D eigenvalue weighted by Crippen LogP contribution is 2.53. The average Bonchev–Trinajstić information content (AvgIpc) is 3.49. The van der Waals surface area contributed by atoms with Crippen LogP contribution in [-0.2, 0) is 12.8 Å². The molecule has 0 unspecified atom stereocenters. The van der Waals surface area contributed by atoms with Gasteiger partial charge in [0.15, 0.2) is 0 Å². The Morgan fingerprint density at radius 1 is 1.13 bits per heavy atom. The third-order valence-electron chi connectivity index (χ3n) is 7.63. The van der Waals surface area contributed by atoms with Gasteiger partial charge in [-0.05, 0) is 50.5 Å². The van der Waals surface area contributed by atoms with Gasteiger partial charge in [0.1, 0.15) is 17.3 Å².